The molecule has 0 saturated carbocycles. The maximum Gasteiger partial charge on any atom is 0.326 e. The Hall–Kier alpha value is -1.67. The van der Waals surface area contributed by atoms with Crippen molar-refractivity contribution in [2.24, 2.45) is 5.73 Å². The average Bonchev–Trinajstić information content (AvgIpc) is 3.24. The molecule has 0 unspecified atom stereocenters. The number of carbonyl (C=O) groups excluding carboxylic acids is 2. The van der Waals surface area contributed by atoms with Crippen LogP contribution in [0, 0.1) is 0 Å². The quantitative estimate of drug-likeness (QED) is 0.439. The maximum absolute atomic E-state index is 12.8. The van der Waals surface area contributed by atoms with E-state index >= 15 is 0 Å². The first-order valence-electron chi connectivity index (χ1n) is 8.81. The molecule has 2 saturated heterocycles. The van der Waals surface area contributed by atoms with Crippen molar-refractivity contribution in [3.63, 3.8) is 0 Å². The van der Waals surface area contributed by atoms with Gasteiger partial charge >= 0.3 is 5.97 Å². The summed E-state index contributed by atoms with van der Waals surface area (Å²) >= 11 is 0. The Balaban J connectivity index is 2.01. The first-order valence-corrected chi connectivity index (χ1v) is 8.81. The summed E-state index contributed by atoms with van der Waals surface area (Å²) in [5.41, 5.74) is 5.51. The lowest BCUT2D eigenvalue weighted by Gasteiger charge is -2.28. The van der Waals surface area contributed by atoms with Crippen LogP contribution in [0.2, 0.25) is 0 Å². The maximum atomic E-state index is 12.8. The van der Waals surface area contributed by atoms with Crippen molar-refractivity contribution in [2.45, 2.75) is 63.1 Å². The van der Waals surface area contributed by atoms with Crippen LogP contribution in [0.25, 0.3) is 0 Å². The molecule has 0 spiro atoms. The molecule has 2 fully saturated rings. The third-order valence-electron chi connectivity index (χ3n) is 4.76. The lowest BCUT2D eigenvalue weighted by Crippen LogP contribution is -2.54. The number of nitrogens with two attached hydrogens (primary N) is 1. The summed E-state index contributed by atoms with van der Waals surface area (Å²) in [5, 5.41) is 15.2. The van der Waals surface area contributed by atoms with E-state index in [0.29, 0.717) is 32.4 Å². The largest absolute Gasteiger partial charge is 0.480 e. The standard InChI is InChI=1S/C16H28N4O4/c17-8-2-1-5-12(19-14(21)11-6-3-9-18-11)15(22)20-10-4-7-13(20)16(23)24/h11-13,18H,1-10,17H2,(H,19,21)(H,23,24)/t11-,12-,13-/m0/s1. The number of nitrogens with zero attached hydrogens (tertiary/aromatic N) is 1. The predicted molar refractivity (Wildman–Crippen MR) is 88.2 cm³/mol. The normalized spacial score (nSPS) is 24.8. The molecule has 8 nitrogen and oxygen atoms in total. The van der Waals surface area contributed by atoms with Crippen LogP contribution in [-0.2, 0) is 14.4 Å². The van der Waals surface area contributed by atoms with Crippen LogP contribution >= 0.6 is 0 Å². The van der Waals surface area contributed by atoms with Gasteiger partial charge in [0, 0.05) is 6.54 Å². The number of hydrogen-bond donors (Lipinski definition) is 4. The Morgan fingerprint density at radius 1 is 1.25 bits per heavy atom. The highest BCUT2D eigenvalue weighted by atomic mass is 16.4. The smallest absolute Gasteiger partial charge is 0.326 e. The topological polar surface area (TPSA) is 125 Å². The van der Waals surface area contributed by atoms with Gasteiger partial charge in [0.2, 0.25) is 11.8 Å². The molecule has 2 amide bonds. The Morgan fingerprint density at radius 3 is 2.67 bits per heavy atom. The van der Waals surface area contributed by atoms with Crippen LogP contribution in [0.1, 0.15) is 44.9 Å². The Kier molecular flexibility index (Phi) is 6.99. The van der Waals surface area contributed by atoms with Crippen molar-refractivity contribution in [1.82, 2.24) is 15.5 Å². The zero-order valence-electron chi connectivity index (χ0n) is 14.0. The molecule has 2 heterocycles. The van der Waals surface area contributed by atoms with E-state index in [4.69, 9.17) is 5.73 Å². The zero-order valence-corrected chi connectivity index (χ0v) is 14.0. The van der Waals surface area contributed by atoms with E-state index in [9.17, 15) is 19.5 Å². The van der Waals surface area contributed by atoms with Crippen molar-refractivity contribution in [3.8, 4) is 0 Å². The monoisotopic (exact) mass is 340 g/mol. The van der Waals surface area contributed by atoms with E-state index in [1.54, 1.807) is 0 Å². The van der Waals surface area contributed by atoms with E-state index in [2.05, 4.69) is 10.6 Å². The summed E-state index contributed by atoms with van der Waals surface area (Å²) in [4.78, 5) is 37.9. The molecule has 2 aliphatic rings. The summed E-state index contributed by atoms with van der Waals surface area (Å²) < 4.78 is 0. The summed E-state index contributed by atoms with van der Waals surface area (Å²) in [5.74, 6) is -1.45. The van der Waals surface area contributed by atoms with Crippen molar-refractivity contribution < 1.29 is 19.5 Å². The molecule has 136 valence electrons. The third-order valence-corrected chi connectivity index (χ3v) is 4.76. The van der Waals surface area contributed by atoms with E-state index in [1.165, 1.54) is 4.90 Å². The Labute approximate surface area is 142 Å². The molecule has 0 aliphatic carbocycles. The minimum atomic E-state index is -0.981. The van der Waals surface area contributed by atoms with Gasteiger partial charge in [-0.2, -0.15) is 0 Å². The van der Waals surface area contributed by atoms with Crippen molar-refractivity contribution in [3.05, 3.63) is 0 Å². The van der Waals surface area contributed by atoms with Gasteiger partial charge in [0.1, 0.15) is 12.1 Å². The molecule has 2 aliphatic heterocycles. The van der Waals surface area contributed by atoms with Crippen molar-refractivity contribution >= 4 is 17.8 Å². The number of carboxylic acid groups (broad SMARTS) is 1. The number of hydrogen-bond acceptors (Lipinski definition) is 5. The van der Waals surface area contributed by atoms with Gasteiger partial charge in [0.15, 0.2) is 0 Å². The second kappa shape index (κ2) is 8.98. The number of amides is 2. The highest BCUT2D eigenvalue weighted by Crippen LogP contribution is 2.20. The van der Waals surface area contributed by atoms with Crippen LogP contribution < -0.4 is 16.4 Å². The van der Waals surface area contributed by atoms with Crippen LogP contribution in [0.3, 0.4) is 0 Å². The van der Waals surface area contributed by atoms with Crippen LogP contribution in [0.4, 0.5) is 0 Å². The number of nitrogens with one attached hydrogen (secondary N) is 2. The molecule has 5 N–H and O–H groups in total. The van der Waals surface area contributed by atoms with E-state index in [0.717, 1.165) is 32.2 Å². The highest BCUT2D eigenvalue weighted by Gasteiger charge is 2.38. The van der Waals surface area contributed by atoms with Crippen LogP contribution in [-0.4, -0.2) is 65.5 Å². The predicted octanol–water partition coefficient (Wildman–Crippen LogP) is -0.572. The number of rotatable bonds is 8. The molecule has 0 aromatic carbocycles. The zero-order chi connectivity index (χ0) is 17.5. The molecule has 24 heavy (non-hydrogen) atoms. The Bertz CT molecular complexity index is 465. The van der Waals surface area contributed by atoms with E-state index in [1.807, 2.05) is 0 Å². The van der Waals surface area contributed by atoms with Gasteiger partial charge in [-0.3, -0.25) is 9.59 Å². The van der Waals surface area contributed by atoms with Crippen molar-refractivity contribution in [1.29, 1.82) is 0 Å². The highest BCUT2D eigenvalue weighted by molar-refractivity contribution is 5.92. The van der Waals surface area contributed by atoms with Gasteiger partial charge in [-0.25, -0.2) is 4.79 Å². The number of carboxylic acids is 1. The van der Waals surface area contributed by atoms with Crippen LogP contribution in [0.5, 0.6) is 0 Å². The van der Waals surface area contributed by atoms with Crippen molar-refractivity contribution in [2.75, 3.05) is 19.6 Å². The second-order valence-corrected chi connectivity index (χ2v) is 6.52. The molecule has 0 radical (unpaired) electrons. The molecular weight excluding hydrogens is 312 g/mol. The minimum absolute atomic E-state index is 0.176. The summed E-state index contributed by atoms with van der Waals surface area (Å²) in [7, 11) is 0. The first-order chi connectivity index (χ1) is 11.5. The number of likely N-dealkylation sites (tertiary alicyclic amines) is 1. The summed E-state index contributed by atoms with van der Waals surface area (Å²) in [6.07, 6.45) is 4.82. The van der Waals surface area contributed by atoms with Gasteiger partial charge < -0.3 is 26.4 Å². The lowest BCUT2D eigenvalue weighted by molar-refractivity contribution is -0.149. The SMILES string of the molecule is NCCCC[C@H](NC(=O)[C@@H]1CCCN1)C(=O)N1CCC[C@H]1C(=O)O. The van der Waals surface area contributed by atoms with Gasteiger partial charge in [0.05, 0.1) is 6.04 Å². The van der Waals surface area contributed by atoms with Gasteiger partial charge in [0.25, 0.3) is 0 Å². The third kappa shape index (κ3) is 4.67. The van der Waals surface area contributed by atoms with Gasteiger partial charge in [-0.15, -0.1) is 0 Å². The fraction of sp³-hybridized carbons (Fsp3) is 0.812. The Morgan fingerprint density at radius 2 is 2.04 bits per heavy atom. The fourth-order valence-electron chi connectivity index (χ4n) is 3.42. The molecule has 8 heteroatoms. The molecule has 0 aromatic heterocycles. The second-order valence-electron chi connectivity index (χ2n) is 6.52. The minimum Gasteiger partial charge on any atom is -0.480 e. The molecule has 0 bridgehead atoms. The summed E-state index contributed by atoms with van der Waals surface area (Å²) in [6, 6.07) is -1.72. The number of aliphatic carboxylic acids is 1. The average molecular weight is 340 g/mol. The molecular formula is C16H28N4O4. The first kappa shape index (κ1) is 18.7. The van der Waals surface area contributed by atoms with E-state index < -0.39 is 18.1 Å². The molecule has 0 aromatic rings. The molecule has 3 atom stereocenters. The van der Waals surface area contributed by atoms with E-state index in [-0.39, 0.29) is 17.9 Å². The number of carbonyl (C=O) groups is 3. The molecule has 2 rings (SSSR count). The number of unbranched alkanes of at least 4 members (excludes halogenated alkanes) is 1. The van der Waals surface area contributed by atoms with Crippen LogP contribution in [0.15, 0.2) is 0 Å². The van der Waals surface area contributed by atoms with Gasteiger partial charge in [-0.1, -0.05) is 0 Å². The lowest BCUT2D eigenvalue weighted by atomic mass is 10.1. The fourth-order valence-corrected chi connectivity index (χ4v) is 3.42. The van der Waals surface area contributed by atoms with Gasteiger partial charge in [-0.05, 0) is 58.0 Å². The summed E-state index contributed by atoms with van der Waals surface area (Å²) in [6.45, 7) is 1.76.